The zero-order valence-corrected chi connectivity index (χ0v) is 9.11. The molecule has 0 unspecified atom stereocenters. The van der Waals surface area contributed by atoms with E-state index in [4.69, 9.17) is 0 Å². The van der Waals surface area contributed by atoms with E-state index in [-0.39, 0.29) is 5.82 Å². The van der Waals surface area contributed by atoms with E-state index in [0.717, 1.165) is 5.56 Å². The average Bonchev–Trinajstić information content (AvgIpc) is 2.67. The second-order valence-electron chi connectivity index (χ2n) is 3.44. The van der Waals surface area contributed by atoms with Gasteiger partial charge in [-0.2, -0.15) is 4.68 Å². The molecule has 1 heterocycles. The number of hydrogen-bond donors (Lipinski definition) is 1. The van der Waals surface area contributed by atoms with Crippen LogP contribution in [0.4, 0.5) is 4.39 Å². The van der Waals surface area contributed by atoms with Gasteiger partial charge in [0.15, 0.2) is 5.82 Å². The van der Waals surface area contributed by atoms with Gasteiger partial charge in [-0.05, 0) is 36.0 Å². The Balaban J connectivity index is 2.54. The van der Waals surface area contributed by atoms with Gasteiger partial charge in [0.25, 0.3) is 0 Å². The van der Waals surface area contributed by atoms with Crippen LogP contribution in [0.15, 0.2) is 18.2 Å². The summed E-state index contributed by atoms with van der Waals surface area (Å²) in [4.78, 5) is 0. The van der Waals surface area contributed by atoms with E-state index in [9.17, 15) is 4.39 Å². The summed E-state index contributed by atoms with van der Waals surface area (Å²) >= 11 is 0. The molecule has 0 bridgehead atoms. The van der Waals surface area contributed by atoms with Gasteiger partial charge in [0.2, 0.25) is 0 Å². The van der Waals surface area contributed by atoms with Crippen LogP contribution >= 0.6 is 0 Å². The summed E-state index contributed by atoms with van der Waals surface area (Å²) in [6.45, 7) is 2.31. The summed E-state index contributed by atoms with van der Waals surface area (Å²) in [5.41, 5.74) is 1.20. The zero-order valence-electron chi connectivity index (χ0n) is 9.11. The molecule has 84 valence electrons. The van der Waals surface area contributed by atoms with Gasteiger partial charge in [0.1, 0.15) is 11.5 Å². The number of para-hydroxylation sites is 1. The van der Waals surface area contributed by atoms with Crippen molar-refractivity contribution in [3.05, 3.63) is 35.4 Å². The van der Waals surface area contributed by atoms with Crippen molar-refractivity contribution in [2.75, 3.05) is 7.05 Å². The molecule has 16 heavy (non-hydrogen) atoms. The lowest BCUT2D eigenvalue weighted by atomic mass is 10.2. The van der Waals surface area contributed by atoms with Crippen molar-refractivity contribution in [3.63, 3.8) is 0 Å². The van der Waals surface area contributed by atoms with E-state index >= 15 is 0 Å². The molecular formula is C10H12FN5. The van der Waals surface area contributed by atoms with Gasteiger partial charge in [-0.25, -0.2) is 4.39 Å². The number of halogens is 1. The van der Waals surface area contributed by atoms with Crippen molar-refractivity contribution in [2.24, 2.45) is 0 Å². The minimum atomic E-state index is -0.329. The van der Waals surface area contributed by atoms with Crippen LogP contribution in [0.5, 0.6) is 0 Å². The number of rotatable bonds is 3. The number of tetrazole rings is 1. The van der Waals surface area contributed by atoms with Crippen LogP contribution in [-0.4, -0.2) is 27.3 Å². The molecule has 2 rings (SSSR count). The summed E-state index contributed by atoms with van der Waals surface area (Å²) in [7, 11) is 1.78. The molecule has 0 aliphatic heterocycles. The van der Waals surface area contributed by atoms with Crippen molar-refractivity contribution >= 4 is 0 Å². The highest BCUT2D eigenvalue weighted by molar-refractivity contribution is 5.41. The molecule has 0 radical (unpaired) electrons. The quantitative estimate of drug-likeness (QED) is 0.834. The number of hydrogen-bond acceptors (Lipinski definition) is 4. The molecule has 0 atom stereocenters. The van der Waals surface area contributed by atoms with Gasteiger partial charge in [-0.15, -0.1) is 5.10 Å². The van der Waals surface area contributed by atoms with Crippen molar-refractivity contribution in [2.45, 2.75) is 13.5 Å². The highest BCUT2D eigenvalue weighted by atomic mass is 19.1. The molecule has 5 nitrogen and oxygen atoms in total. The van der Waals surface area contributed by atoms with Crippen LogP contribution in [0, 0.1) is 12.7 Å². The van der Waals surface area contributed by atoms with E-state index in [1.807, 2.05) is 13.0 Å². The number of nitrogens with zero attached hydrogens (tertiary/aromatic N) is 4. The number of aryl methyl sites for hydroxylation is 1. The van der Waals surface area contributed by atoms with Crippen molar-refractivity contribution in [1.82, 2.24) is 25.5 Å². The third-order valence-electron chi connectivity index (χ3n) is 2.27. The average molecular weight is 221 g/mol. The fourth-order valence-corrected chi connectivity index (χ4v) is 1.54. The van der Waals surface area contributed by atoms with Gasteiger partial charge in [0.05, 0.1) is 6.54 Å². The predicted molar refractivity (Wildman–Crippen MR) is 56.6 cm³/mol. The maximum absolute atomic E-state index is 13.7. The van der Waals surface area contributed by atoms with Crippen molar-refractivity contribution < 1.29 is 4.39 Å². The number of aromatic nitrogens is 4. The minimum Gasteiger partial charge on any atom is -0.313 e. The Morgan fingerprint density at radius 2 is 2.25 bits per heavy atom. The summed E-state index contributed by atoms with van der Waals surface area (Å²) in [5, 5.41) is 14.1. The molecule has 1 N–H and O–H groups in total. The van der Waals surface area contributed by atoms with Crippen molar-refractivity contribution in [3.8, 4) is 5.69 Å². The molecule has 0 aliphatic carbocycles. The molecule has 0 spiro atoms. The van der Waals surface area contributed by atoms with Crippen LogP contribution in [0.3, 0.4) is 0 Å². The fraction of sp³-hybridized carbons (Fsp3) is 0.300. The van der Waals surface area contributed by atoms with Crippen LogP contribution in [0.25, 0.3) is 5.69 Å². The number of benzene rings is 1. The first kappa shape index (κ1) is 10.7. The third kappa shape index (κ3) is 1.79. The SMILES string of the molecule is CNCc1nnnn1-c1c(C)cccc1F. The van der Waals surface area contributed by atoms with Crippen LogP contribution in [0.1, 0.15) is 11.4 Å². The van der Waals surface area contributed by atoms with Gasteiger partial charge in [0, 0.05) is 0 Å². The first-order valence-corrected chi connectivity index (χ1v) is 4.91. The normalized spacial score (nSPS) is 10.7. The van der Waals surface area contributed by atoms with E-state index in [1.54, 1.807) is 13.1 Å². The Labute approximate surface area is 92.3 Å². The highest BCUT2D eigenvalue weighted by Crippen LogP contribution is 2.17. The molecule has 0 amide bonds. The Morgan fingerprint density at radius 3 is 2.94 bits per heavy atom. The predicted octanol–water partition coefficient (Wildman–Crippen LogP) is 0.829. The zero-order chi connectivity index (χ0) is 11.5. The Hall–Kier alpha value is -1.82. The molecule has 0 aliphatic rings. The molecular weight excluding hydrogens is 209 g/mol. The Kier molecular flexibility index (Phi) is 2.91. The minimum absolute atomic E-state index is 0.329. The standard InChI is InChI=1S/C10H12FN5/c1-7-4-3-5-8(11)10(7)16-9(6-12-2)13-14-15-16/h3-5,12H,6H2,1-2H3. The first-order valence-electron chi connectivity index (χ1n) is 4.91. The fourth-order valence-electron chi connectivity index (χ4n) is 1.54. The summed E-state index contributed by atoms with van der Waals surface area (Å²) in [6, 6.07) is 4.88. The van der Waals surface area contributed by atoms with E-state index in [1.165, 1.54) is 10.7 Å². The molecule has 2 aromatic rings. The van der Waals surface area contributed by atoms with Crippen LogP contribution < -0.4 is 5.32 Å². The molecule has 1 aromatic heterocycles. The van der Waals surface area contributed by atoms with Gasteiger partial charge in [-0.1, -0.05) is 12.1 Å². The van der Waals surface area contributed by atoms with Crippen molar-refractivity contribution in [1.29, 1.82) is 0 Å². The molecule has 0 saturated carbocycles. The molecule has 0 saturated heterocycles. The van der Waals surface area contributed by atoms with Crippen LogP contribution in [0.2, 0.25) is 0 Å². The highest BCUT2D eigenvalue weighted by Gasteiger charge is 2.13. The molecule has 6 heteroatoms. The lowest BCUT2D eigenvalue weighted by Crippen LogP contribution is -2.13. The summed E-state index contributed by atoms with van der Waals surface area (Å²) in [5.74, 6) is 0.250. The monoisotopic (exact) mass is 221 g/mol. The molecule has 1 aromatic carbocycles. The summed E-state index contributed by atoms with van der Waals surface area (Å²) in [6.07, 6.45) is 0. The second-order valence-corrected chi connectivity index (χ2v) is 3.44. The lowest BCUT2D eigenvalue weighted by Gasteiger charge is -2.08. The molecule has 0 fully saturated rings. The van der Waals surface area contributed by atoms with Gasteiger partial charge < -0.3 is 5.32 Å². The first-order chi connectivity index (χ1) is 7.74. The smallest absolute Gasteiger partial charge is 0.170 e. The van der Waals surface area contributed by atoms with E-state index < -0.39 is 0 Å². The third-order valence-corrected chi connectivity index (χ3v) is 2.27. The number of nitrogens with one attached hydrogen (secondary N) is 1. The lowest BCUT2D eigenvalue weighted by molar-refractivity contribution is 0.596. The van der Waals surface area contributed by atoms with E-state index in [2.05, 4.69) is 20.8 Å². The topological polar surface area (TPSA) is 55.6 Å². The maximum atomic E-state index is 13.7. The van der Waals surface area contributed by atoms with Gasteiger partial charge >= 0.3 is 0 Å². The van der Waals surface area contributed by atoms with Crippen LogP contribution in [-0.2, 0) is 6.54 Å². The second kappa shape index (κ2) is 4.36. The van der Waals surface area contributed by atoms with E-state index in [0.29, 0.717) is 18.1 Å². The summed E-state index contributed by atoms with van der Waals surface area (Å²) < 4.78 is 15.1. The Bertz CT molecular complexity index is 473. The largest absolute Gasteiger partial charge is 0.313 e. The van der Waals surface area contributed by atoms with Gasteiger partial charge in [-0.3, -0.25) is 0 Å². The Morgan fingerprint density at radius 1 is 1.44 bits per heavy atom. The maximum Gasteiger partial charge on any atom is 0.170 e.